The van der Waals surface area contributed by atoms with Gasteiger partial charge in [-0.25, -0.2) is 0 Å². The minimum absolute atomic E-state index is 0.0951. The van der Waals surface area contributed by atoms with Crippen molar-refractivity contribution in [3.05, 3.63) is 27.7 Å². The van der Waals surface area contributed by atoms with Crippen LogP contribution in [0.2, 0.25) is 0 Å². The molecule has 1 aliphatic carbocycles. The molecule has 0 heterocycles. The van der Waals surface area contributed by atoms with Crippen LogP contribution in [0, 0.1) is 23.7 Å². The summed E-state index contributed by atoms with van der Waals surface area (Å²) >= 11 is 9.41. The maximum atomic E-state index is 8.80. The van der Waals surface area contributed by atoms with Gasteiger partial charge in [-0.2, -0.15) is 5.26 Å². The molecule has 0 N–H and O–H groups in total. The van der Waals surface area contributed by atoms with Gasteiger partial charge in [0.15, 0.2) is 0 Å². The van der Waals surface area contributed by atoms with Crippen molar-refractivity contribution >= 4 is 27.5 Å². The van der Waals surface area contributed by atoms with Crippen molar-refractivity contribution in [2.75, 3.05) is 6.61 Å². The summed E-state index contributed by atoms with van der Waals surface area (Å²) in [5.41, 5.74) is 2.17. The van der Waals surface area contributed by atoms with E-state index in [0.717, 1.165) is 34.2 Å². The third-order valence-corrected chi connectivity index (χ3v) is 4.14. The minimum Gasteiger partial charge on any atom is -0.492 e. The van der Waals surface area contributed by atoms with Gasteiger partial charge in [-0.05, 0) is 37.5 Å². The smallest absolute Gasteiger partial charge is 0.126 e. The Morgan fingerprint density at radius 1 is 1.50 bits per heavy atom. The SMILES string of the molecule is Cc1cc(Br)cc(CCl)c1OCC1(CC#N)CC1. The summed E-state index contributed by atoms with van der Waals surface area (Å²) in [6.07, 6.45) is 2.76. The van der Waals surface area contributed by atoms with Crippen molar-refractivity contribution < 1.29 is 4.74 Å². The molecule has 1 aliphatic rings. The second-order valence-electron chi connectivity index (χ2n) is 4.97. The topological polar surface area (TPSA) is 33.0 Å². The highest BCUT2D eigenvalue weighted by molar-refractivity contribution is 9.10. The first-order chi connectivity index (χ1) is 8.60. The van der Waals surface area contributed by atoms with Crippen LogP contribution in [-0.4, -0.2) is 6.61 Å². The number of nitrogens with zero attached hydrogens (tertiary/aromatic N) is 1. The summed E-state index contributed by atoms with van der Waals surface area (Å²) in [4.78, 5) is 0. The van der Waals surface area contributed by atoms with Crippen LogP contribution in [-0.2, 0) is 5.88 Å². The lowest BCUT2D eigenvalue weighted by Gasteiger charge is -2.17. The molecule has 1 aromatic rings. The first-order valence-electron chi connectivity index (χ1n) is 5.95. The molecule has 0 atom stereocenters. The molecule has 0 bridgehead atoms. The summed E-state index contributed by atoms with van der Waals surface area (Å²) in [7, 11) is 0. The van der Waals surface area contributed by atoms with E-state index in [9.17, 15) is 0 Å². The van der Waals surface area contributed by atoms with E-state index in [-0.39, 0.29) is 5.41 Å². The van der Waals surface area contributed by atoms with E-state index in [1.54, 1.807) is 0 Å². The van der Waals surface area contributed by atoms with Crippen LogP contribution in [0.1, 0.15) is 30.4 Å². The molecule has 1 saturated carbocycles. The molecule has 0 radical (unpaired) electrons. The average molecular weight is 329 g/mol. The van der Waals surface area contributed by atoms with Crippen LogP contribution < -0.4 is 4.74 Å². The van der Waals surface area contributed by atoms with Gasteiger partial charge >= 0.3 is 0 Å². The Morgan fingerprint density at radius 3 is 2.78 bits per heavy atom. The Kier molecular flexibility index (Phi) is 4.19. The lowest BCUT2D eigenvalue weighted by Crippen LogP contribution is -2.13. The van der Waals surface area contributed by atoms with Crippen LogP contribution in [0.25, 0.3) is 0 Å². The summed E-state index contributed by atoms with van der Waals surface area (Å²) in [5.74, 6) is 1.30. The molecule has 2 rings (SSSR count). The first-order valence-corrected chi connectivity index (χ1v) is 7.28. The van der Waals surface area contributed by atoms with Gasteiger partial charge in [0.1, 0.15) is 5.75 Å². The summed E-state index contributed by atoms with van der Waals surface area (Å²) in [6, 6.07) is 6.25. The normalized spacial score (nSPS) is 16.1. The molecule has 4 heteroatoms. The van der Waals surface area contributed by atoms with E-state index >= 15 is 0 Å². The van der Waals surface area contributed by atoms with Crippen LogP contribution in [0.15, 0.2) is 16.6 Å². The van der Waals surface area contributed by atoms with Gasteiger partial charge in [0.2, 0.25) is 0 Å². The predicted molar refractivity (Wildman–Crippen MR) is 75.8 cm³/mol. The van der Waals surface area contributed by atoms with Gasteiger partial charge < -0.3 is 4.74 Å². The molecular weight excluding hydrogens is 314 g/mol. The van der Waals surface area contributed by atoms with Crippen molar-refractivity contribution in [1.29, 1.82) is 5.26 Å². The van der Waals surface area contributed by atoms with E-state index in [2.05, 4.69) is 22.0 Å². The Labute approximate surface area is 121 Å². The molecule has 0 aliphatic heterocycles. The fraction of sp³-hybridized carbons (Fsp3) is 0.500. The zero-order valence-electron chi connectivity index (χ0n) is 10.3. The minimum atomic E-state index is 0.0951. The zero-order chi connectivity index (χ0) is 13.2. The van der Waals surface area contributed by atoms with E-state index in [1.165, 1.54) is 0 Å². The number of ether oxygens (including phenoxy) is 1. The molecule has 0 aromatic heterocycles. The monoisotopic (exact) mass is 327 g/mol. The summed E-state index contributed by atoms with van der Waals surface area (Å²) in [6.45, 7) is 2.63. The van der Waals surface area contributed by atoms with Crippen LogP contribution in [0.4, 0.5) is 0 Å². The van der Waals surface area contributed by atoms with Crippen LogP contribution in [0.3, 0.4) is 0 Å². The van der Waals surface area contributed by atoms with Crippen molar-refractivity contribution in [2.45, 2.75) is 32.1 Å². The van der Waals surface area contributed by atoms with Crippen LogP contribution in [0.5, 0.6) is 5.75 Å². The molecule has 0 spiro atoms. The molecule has 0 saturated heterocycles. The third kappa shape index (κ3) is 2.99. The number of alkyl halides is 1. The number of benzene rings is 1. The molecular formula is C14H15BrClNO. The van der Waals surface area contributed by atoms with Gasteiger partial charge in [0.05, 0.1) is 18.6 Å². The highest BCUT2D eigenvalue weighted by Crippen LogP contribution is 2.49. The molecule has 18 heavy (non-hydrogen) atoms. The van der Waals surface area contributed by atoms with E-state index < -0.39 is 0 Å². The lowest BCUT2D eigenvalue weighted by atomic mass is 10.1. The Balaban J connectivity index is 2.12. The van der Waals surface area contributed by atoms with Gasteiger partial charge in [-0.3, -0.25) is 0 Å². The molecule has 96 valence electrons. The Hall–Kier alpha value is -0.720. The quantitative estimate of drug-likeness (QED) is 0.742. The van der Waals surface area contributed by atoms with Crippen LogP contribution >= 0.6 is 27.5 Å². The Bertz CT molecular complexity index is 491. The maximum absolute atomic E-state index is 8.80. The van der Waals surface area contributed by atoms with Gasteiger partial charge in [0.25, 0.3) is 0 Å². The molecule has 0 amide bonds. The molecule has 1 aromatic carbocycles. The summed E-state index contributed by atoms with van der Waals surface area (Å²) in [5, 5.41) is 8.80. The van der Waals surface area contributed by atoms with E-state index in [0.29, 0.717) is 18.9 Å². The Morgan fingerprint density at radius 2 is 2.22 bits per heavy atom. The highest BCUT2D eigenvalue weighted by atomic mass is 79.9. The molecule has 2 nitrogen and oxygen atoms in total. The van der Waals surface area contributed by atoms with E-state index in [1.807, 2.05) is 19.1 Å². The second kappa shape index (κ2) is 5.50. The average Bonchev–Trinajstić information content (AvgIpc) is 3.07. The third-order valence-electron chi connectivity index (χ3n) is 3.39. The largest absolute Gasteiger partial charge is 0.492 e. The van der Waals surface area contributed by atoms with Crippen molar-refractivity contribution in [3.63, 3.8) is 0 Å². The molecule has 0 unspecified atom stereocenters. The van der Waals surface area contributed by atoms with Gasteiger partial charge in [0, 0.05) is 21.9 Å². The molecule has 1 fully saturated rings. The van der Waals surface area contributed by atoms with Gasteiger partial charge in [-0.15, -0.1) is 11.6 Å². The van der Waals surface area contributed by atoms with Crippen molar-refractivity contribution in [3.8, 4) is 11.8 Å². The number of halogens is 2. The lowest BCUT2D eigenvalue weighted by molar-refractivity contribution is 0.234. The number of hydrogen-bond acceptors (Lipinski definition) is 2. The number of rotatable bonds is 5. The highest BCUT2D eigenvalue weighted by Gasteiger charge is 2.43. The first kappa shape index (κ1) is 13.7. The summed E-state index contributed by atoms with van der Waals surface area (Å²) < 4.78 is 6.95. The fourth-order valence-corrected chi connectivity index (χ4v) is 2.87. The van der Waals surface area contributed by atoms with E-state index in [4.69, 9.17) is 21.6 Å². The van der Waals surface area contributed by atoms with Crippen molar-refractivity contribution in [2.24, 2.45) is 5.41 Å². The number of hydrogen-bond donors (Lipinski definition) is 0. The second-order valence-corrected chi connectivity index (χ2v) is 6.15. The van der Waals surface area contributed by atoms with Gasteiger partial charge in [-0.1, -0.05) is 15.9 Å². The van der Waals surface area contributed by atoms with Crippen molar-refractivity contribution in [1.82, 2.24) is 0 Å². The zero-order valence-corrected chi connectivity index (χ0v) is 12.6. The maximum Gasteiger partial charge on any atom is 0.126 e. The number of aryl methyl sites for hydroxylation is 1. The number of nitriles is 1. The fourth-order valence-electron chi connectivity index (χ4n) is 2.05. The predicted octanol–water partition coefficient (Wildman–Crippen LogP) is 4.57. The standard InChI is InChI=1S/C14H15BrClNO/c1-10-6-12(15)7-11(8-16)13(10)18-9-14(2-3-14)4-5-17/h6-7H,2-4,8-9H2,1H3.